The monoisotopic (exact) mass is 1080 g/mol. The van der Waals surface area contributed by atoms with Gasteiger partial charge in [0.1, 0.15) is 61.0 Å². The van der Waals surface area contributed by atoms with Crippen molar-refractivity contribution in [2.24, 2.45) is 0 Å². The van der Waals surface area contributed by atoms with Crippen LogP contribution in [0.5, 0.6) is 17.2 Å². The SMILES string of the molecule is Nc1ncnc2c1c(-c1ccc(Oc3ccccc3)cc1)nn2C1CCCN(CC(=O)NCCOCCOCC(=O)NCCOCCOCC(=O)NCCOCCOc2cccc3c2C(=O)N(C2CCC(=O)NC2=O)C3=O)C1. The number of imide groups is 2. The highest BCUT2D eigenvalue weighted by atomic mass is 16.5. The molecule has 414 valence electrons. The molecule has 6 N–H and O–H groups in total. The van der Waals surface area contributed by atoms with Crippen LogP contribution in [0.15, 0.2) is 79.1 Å². The highest BCUT2D eigenvalue weighted by Gasteiger charge is 2.46. The molecule has 2 aromatic heterocycles. The summed E-state index contributed by atoms with van der Waals surface area (Å²) in [6.45, 7) is 3.67. The number of hydrogen-bond donors (Lipinski definition) is 5. The van der Waals surface area contributed by atoms with Crippen LogP contribution in [0.2, 0.25) is 0 Å². The number of hydrogen-bond acceptors (Lipinski definition) is 19. The summed E-state index contributed by atoms with van der Waals surface area (Å²) in [5.41, 5.74) is 8.71. The number of benzene rings is 3. The first-order valence-electron chi connectivity index (χ1n) is 25.7. The number of amides is 7. The summed E-state index contributed by atoms with van der Waals surface area (Å²) < 4.78 is 40.9. The zero-order valence-corrected chi connectivity index (χ0v) is 43.0. The number of nitrogens with one attached hydrogen (secondary N) is 4. The molecule has 3 aliphatic rings. The number of carbonyl (C=O) groups is 7. The third-order valence-electron chi connectivity index (χ3n) is 12.6. The zero-order valence-electron chi connectivity index (χ0n) is 43.0. The molecule has 25 nitrogen and oxygen atoms in total. The van der Waals surface area contributed by atoms with E-state index in [-0.39, 0.29) is 146 Å². The maximum absolute atomic E-state index is 13.2. The summed E-state index contributed by atoms with van der Waals surface area (Å²) >= 11 is 0. The van der Waals surface area contributed by atoms with Crippen molar-refractivity contribution in [1.82, 2.24) is 50.8 Å². The minimum Gasteiger partial charge on any atom is -0.490 e. The molecule has 78 heavy (non-hydrogen) atoms. The van der Waals surface area contributed by atoms with Gasteiger partial charge in [0.05, 0.1) is 82.0 Å². The van der Waals surface area contributed by atoms with E-state index < -0.39 is 29.7 Å². The largest absolute Gasteiger partial charge is 0.490 e. The Hall–Kier alpha value is -7.94. The van der Waals surface area contributed by atoms with Gasteiger partial charge in [-0.05, 0) is 74.3 Å². The average Bonchev–Trinajstić information content (AvgIpc) is 4.21. The van der Waals surface area contributed by atoms with Crippen LogP contribution in [0.3, 0.4) is 0 Å². The van der Waals surface area contributed by atoms with Crippen LogP contribution >= 0.6 is 0 Å². The summed E-state index contributed by atoms with van der Waals surface area (Å²) in [4.78, 5) is 99.0. The van der Waals surface area contributed by atoms with E-state index in [1.807, 2.05) is 59.3 Å². The first-order valence-corrected chi connectivity index (χ1v) is 25.7. The number of nitrogens with two attached hydrogens (primary N) is 1. The van der Waals surface area contributed by atoms with Crippen molar-refractivity contribution in [1.29, 1.82) is 0 Å². The zero-order chi connectivity index (χ0) is 54.6. The second kappa shape index (κ2) is 28.4. The van der Waals surface area contributed by atoms with Crippen molar-refractivity contribution in [3.05, 3.63) is 90.3 Å². The van der Waals surface area contributed by atoms with Crippen molar-refractivity contribution in [2.45, 2.75) is 37.8 Å². The fourth-order valence-electron chi connectivity index (χ4n) is 8.97. The molecule has 0 aliphatic carbocycles. The number of likely N-dealkylation sites (tertiary alicyclic amines) is 1. The summed E-state index contributed by atoms with van der Waals surface area (Å²) in [7, 11) is 0. The maximum atomic E-state index is 13.2. The Bertz CT molecular complexity index is 2890. The van der Waals surface area contributed by atoms with Gasteiger partial charge < -0.3 is 54.8 Å². The molecule has 8 rings (SSSR count). The topological polar surface area (TPSA) is 308 Å². The molecule has 2 fully saturated rings. The molecule has 0 bridgehead atoms. The number of carbonyl (C=O) groups excluding carboxylic acids is 7. The van der Waals surface area contributed by atoms with Gasteiger partial charge in [-0.25, -0.2) is 14.6 Å². The van der Waals surface area contributed by atoms with Gasteiger partial charge in [0.25, 0.3) is 11.8 Å². The van der Waals surface area contributed by atoms with Gasteiger partial charge in [-0.15, -0.1) is 0 Å². The Morgan fingerprint density at radius 2 is 1.32 bits per heavy atom. The first kappa shape index (κ1) is 56.3. The van der Waals surface area contributed by atoms with Crippen LogP contribution in [0.25, 0.3) is 22.3 Å². The predicted octanol–water partition coefficient (Wildman–Crippen LogP) is 1.42. The molecule has 0 spiro atoms. The Balaban J connectivity index is 0.599. The minimum atomic E-state index is -1.08. The second-order valence-corrected chi connectivity index (χ2v) is 18.2. The fourth-order valence-corrected chi connectivity index (χ4v) is 8.97. The molecular weight excluding hydrogens is 1010 g/mol. The third kappa shape index (κ3) is 15.4. The van der Waals surface area contributed by atoms with E-state index in [9.17, 15) is 33.6 Å². The number of para-hydroxylation sites is 1. The fraction of sp³-hybridized carbons (Fsp3) is 0.434. The Morgan fingerprint density at radius 1 is 0.679 bits per heavy atom. The maximum Gasteiger partial charge on any atom is 0.266 e. The molecule has 2 saturated heterocycles. The minimum absolute atomic E-state index is 0.0174. The summed E-state index contributed by atoms with van der Waals surface area (Å²) in [5.74, 6) is -1.30. The number of aromatic nitrogens is 4. The quantitative estimate of drug-likeness (QED) is 0.0321. The lowest BCUT2D eigenvalue weighted by Gasteiger charge is -2.32. The number of rotatable bonds is 30. The van der Waals surface area contributed by atoms with Crippen molar-refractivity contribution in [3.8, 4) is 28.5 Å². The molecule has 3 aliphatic heterocycles. The van der Waals surface area contributed by atoms with Gasteiger partial charge in [0.15, 0.2) is 5.65 Å². The number of nitrogens with zero attached hydrogens (tertiary/aromatic N) is 6. The average molecular weight is 1080 g/mol. The van der Waals surface area contributed by atoms with E-state index in [0.29, 0.717) is 41.4 Å². The highest BCUT2D eigenvalue weighted by molar-refractivity contribution is 6.24. The molecule has 2 unspecified atom stereocenters. The van der Waals surface area contributed by atoms with E-state index in [1.165, 1.54) is 12.4 Å². The number of fused-ring (bicyclic) bond motifs is 2. The highest BCUT2D eigenvalue weighted by Crippen LogP contribution is 2.36. The van der Waals surface area contributed by atoms with E-state index in [2.05, 4.69) is 36.1 Å². The lowest BCUT2D eigenvalue weighted by molar-refractivity contribution is -0.136. The van der Waals surface area contributed by atoms with Gasteiger partial charge in [-0.3, -0.25) is 48.7 Å². The van der Waals surface area contributed by atoms with Crippen LogP contribution in [0.4, 0.5) is 5.82 Å². The summed E-state index contributed by atoms with van der Waals surface area (Å²) in [5, 5.41) is 16.1. The van der Waals surface area contributed by atoms with E-state index in [1.54, 1.807) is 12.1 Å². The molecule has 7 amide bonds. The van der Waals surface area contributed by atoms with Crippen LogP contribution < -0.4 is 36.5 Å². The van der Waals surface area contributed by atoms with Gasteiger partial charge in [-0.1, -0.05) is 24.3 Å². The number of ether oxygens (including phenoxy) is 7. The van der Waals surface area contributed by atoms with Crippen molar-refractivity contribution >= 4 is 58.2 Å². The van der Waals surface area contributed by atoms with E-state index >= 15 is 0 Å². The predicted molar refractivity (Wildman–Crippen MR) is 278 cm³/mol. The molecule has 5 heterocycles. The lowest BCUT2D eigenvalue weighted by Crippen LogP contribution is -2.54. The third-order valence-corrected chi connectivity index (χ3v) is 12.6. The standard InChI is InChI=1S/C53H63N11O14/c54-49-47-48(35-11-13-38(14-12-35)78-37-7-2-1-3-8-37)61-64(50(47)59-34-58-49)36-6-5-20-62(30-36)31-43(66)55-17-21-72-24-26-75-32-44(67)56-18-22-73-25-27-76-33-45(68)57-19-23-74-28-29-77-41-10-4-9-39-46(41)53(71)63(52(39)70)40-15-16-42(65)60-51(40)69/h1-4,7-14,34,36,40H,5-6,15-33H2,(H,55,66)(H,56,67)(H,57,68)(H2,54,58,59)(H,60,65,69). The van der Waals surface area contributed by atoms with E-state index in [0.717, 1.165) is 35.6 Å². The molecule has 5 aromatic rings. The normalized spacial score (nSPS) is 16.5. The smallest absolute Gasteiger partial charge is 0.266 e. The Labute approximate surface area is 448 Å². The summed E-state index contributed by atoms with van der Waals surface area (Å²) in [6.07, 6.45) is 3.23. The first-order chi connectivity index (χ1) is 38.0. The van der Waals surface area contributed by atoms with Crippen LogP contribution in [-0.4, -0.2) is 189 Å². The molecular formula is C53H63N11O14. The van der Waals surface area contributed by atoms with E-state index in [4.69, 9.17) is 44.0 Å². The molecule has 0 saturated carbocycles. The molecule has 25 heteroatoms. The Kier molecular flexibility index (Phi) is 20.5. The number of anilines is 1. The van der Waals surface area contributed by atoms with Crippen molar-refractivity contribution in [3.63, 3.8) is 0 Å². The molecule has 0 radical (unpaired) electrons. The second-order valence-electron chi connectivity index (χ2n) is 18.2. The van der Waals surface area contributed by atoms with Gasteiger partial charge in [0, 0.05) is 38.2 Å². The van der Waals surface area contributed by atoms with Gasteiger partial charge in [-0.2, -0.15) is 5.10 Å². The molecule has 2 atom stereocenters. The van der Waals surface area contributed by atoms with Crippen LogP contribution in [0, 0.1) is 0 Å². The van der Waals surface area contributed by atoms with Crippen molar-refractivity contribution in [2.75, 3.05) is 118 Å². The van der Waals surface area contributed by atoms with Crippen LogP contribution in [-0.2, 0) is 47.7 Å². The van der Waals surface area contributed by atoms with Gasteiger partial charge >= 0.3 is 0 Å². The summed E-state index contributed by atoms with van der Waals surface area (Å²) in [6, 6.07) is 20.7. The van der Waals surface area contributed by atoms with Crippen molar-refractivity contribution < 1.29 is 66.7 Å². The number of piperidine rings is 2. The van der Waals surface area contributed by atoms with Crippen LogP contribution in [0.1, 0.15) is 52.4 Å². The Morgan fingerprint density at radius 3 is 2.00 bits per heavy atom. The van der Waals surface area contributed by atoms with Gasteiger partial charge in [0.2, 0.25) is 29.5 Å². The molecule has 3 aromatic carbocycles. The lowest BCUT2D eigenvalue weighted by atomic mass is 10.0. The number of nitrogen functional groups attached to an aromatic ring is 1.